The number of aromatic nitrogens is 3. The maximum atomic E-state index is 5.48. The number of nitrogens with zero attached hydrogens (tertiary/aromatic N) is 3. The molecule has 2 heterocycles. The average molecular weight is 181 g/mol. The van der Waals surface area contributed by atoms with Gasteiger partial charge in [-0.15, -0.1) is 5.10 Å². The Balaban J connectivity index is 2.15. The summed E-state index contributed by atoms with van der Waals surface area (Å²) in [6.07, 6.45) is 3.62. The predicted octanol–water partition coefficient (Wildman–Crippen LogP) is 0.766. The van der Waals surface area contributed by atoms with Crippen molar-refractivity contribution in [2.75, 3.05) is 17.2 Å². The van der Waals surface area contributed by atoms with Crippen LogP contribution in [0.15, 0.2) is 0 Å². The third-order valence-electron chi connectivity index (χ3n) is 2.60. The van der Waals surface area contributed by atoms with Crippen molar-refractivity contribution < 1.29 is 0 Å². The smallest absolute Gasteiger partial charge is 0.246 e. The highest BCUT2D eigenvalue weighted by molar-refractivity contribution is 5.36. The second-order valence-electron chi connectivity index (χ2n) is 3.42. The van der Waals surface area contributed by atoms with Gasteiger partial charge < -0.3 is 10.6 Å². The first-order valence-corrected chi connectivity index (χ1v) is 4.75. The maximum absolute atomic E-state index is 5.48. The number of hydrogen-bond acceptors (Lipinski definition) is 4. The zero-order chi connectivity index (χ0) is 9.26. The van der Waals surface area contributed by atoms with E-state index < -0.39 is 0 Å². The molecule has 3 N–H and O–H groups in total. The summed E-state index contributed by atoms with van der Waals surface area (Å²) in [6.45, 7) is 3.24. The van der Waals surface area contributed by atoms with Crippen LogP contribution in [0.25, 0.3) is 0 Å². The van der Waals surface area contributed by atoms with Gasteiger partial charge in [0.2, 0.25) is 11.9 Å². The Bertz CT molecular complexity index is 282. The Morgan fingerprint density at radius 1 is 1.69 bits per heavy atom. The molecule has 2 rings (SSSR count). The van der Waals surface area contributed by atoms with Crippen molar-refractivity contribution in [3.8, 4) is 0 Å². The van der Waals surface area contributed by atoms with Crippen molar-refractivity contribution >= 4 is 11.9 Å². The van der Waals surface area contributed by atoms with Crippen LogP contribution in [-0.2, 0) is 0 Å². The maximum Gasteiger partial charge on any atom is 0.246 e. The van der Waals surface area contributed by atoms with Crippen LogP contribution in [-0.4, -0.2) is 27.8 Å². The molecule has 72 valence electrons. The fourth-order valence-corrected chi connectivity index (χ4v) is 1.92. The largest absolute Gasteiger partial charge is 0.368 e. The van der Waals surface area contributed by atoms with E-state index in [1.807, 2.05) is 0 Å². The number of hydrogen-bond donors (Lipinski definition) is 2. The van der Waals surface area contributed by atoms with E-state index in [1.54, 1.807) is 0 Å². The molecular formula is C8H15N5. The lowest BCUT2D eigenvalue weighted by molar-refractivity contribution is 0.635. The monoisotopic (exact) mass is 181 g/mol. The third kappa shape index (κ3) is 1.46. The molecule has 0 aromatic carbocycles. The van der Waals surface area contributed by atoms with Crippen LogP contribution in [0, 0.1) is 0 Å². The minimum Gasteiger partial charge on any atom is -0.368 e. The standard InChI is InChI=1S/C8H15N5/c1-2-6-4-3-5-13(6)8-10-7(9)11-12-8/h6H,2-5H2,1H3,(H3,9,10,11,12). The third-order valence-corrected chi connectivity index (χ3v) is 2.60. The Hall–Kier alpha value is -1.26. The van der Waals surface area contributed by atoms with E-state index in [-0.39, 0.29) is 0 Å². The Morgan fingerprint density at radius 3 is 3.15 bits per heavy atom. The molecule has 0 radical (unpaired) electrons. The molecule has 1 aliphatic rings. The lowest BCUT2D eigenvalue weighted by Gasteiger charge is -2.21. The first kappa shape index (κ1) is 8.34. The van der Waals surface area contributed by atoms with Gasteiger partial charge in [0.25, 0.3) is 0 Å². The van der Waals surface area contributed by atoms with Gasteiger partial charge in [0.15, 0.2) is 0 Å². The number of aromatic amines is 1. The van der Waals surface area contributed by atoms with E-state index in [4.69, 9.17) is 5.73 Å². The molecule has 1 aliphatic heterocycles. The molecule has 1 unspecified atom stereocenters. The molecule has 1 atom stereocenters. The highest BCUT2D eigenvalue weighted by atomic mass is 15.4. The van der Waals surface area contributed by atoms with E-state index in [1.165, 1.54) is 12.8 Å². The zero-order valence-corrected chi connectivity index (χ0v) is 7.82. The summed E-state index contributed by atoms with van der Waals surface area (Å²) in [6, 6.07) is 0.593. The van der Waals surface area contributed by atoms with Gasteiger partial charge >= 0.3 is 0 Å². The number of nitrogen functional groups attached to an aromatic ring is 1. The van der Waals surface area contributed by atoms with Crippen LogP contribution in [0.3, 0.4) is 0 Å². The molecule has 1 aromatic heterocycles. The summed E-state index contributed by atoms with van der Waals surface area (Å²) in [5.41, 5.74) is 5.48. The molecule has 0 aliphatic carbocycles. The molecule has 5 nitrogen and oxygen atoms in total. The predicted molar refractivity (Wildman–Crippen MR) is 51.5 cm³/mol. The molecule has 0 spiro atoms. The van der Waals surface area contributed by atoms with Gasteiger partial charge in [0.1, 0.15) is 0 Å². The van der Waals surface area contributed by atoms with Crippen LogP contribution in [0.5, 0.6) is 0 Å². The molecule has 1 aromatic rings. The number of nitrogens with one attached hydrogen (secondary N) is 1. The van der Waals surface area contributed by atoms with Gasteiger partial charge in [-0.25, -0.2) is 5.10 Å². The Morgan fingerprint density at radius 2 is 2.54 bits per heavy atom. The van der Waals surface area contributed by atoms with Crippen molar-refractivity contribution in [3.63, 3.8) is 0 Å². The summed E-state index contributed by atoms with van der Waals surface area (Å²) < 4.78 is 0. The van der Waals surface area contributed by atoms with Crippen molar-refractivity contribution in [2.24, 2.45) is 0 Å². The molecule has 5 heteroatoms. The molecule has 1 fully saturated rings. The normalized spacial score (nSPS) is 22.5. The number of anilines is 2. The van der Waals surface area contributed by atoms with Crippen LogP contribution >= 0.6 is 0 Å². The molecular weight excluding hydrogens is 166 g/mol. The van der Waals surface area contributed by atoms with Crippen LogP contribution in [0.2, 0.25) is 0 Å². The van der Waals surface area contributed by atoms with Gasteiger partial charge in [-0.1, -0.05) is 6.92 Å². The van der Waals surface area contributed by atoms with Crippen molar-refractivity contribution in [1.29, 1.82) is 0 Å². The Kier molecular flexibility index (Phi) is 2.08. The van der Waals surface area contributed by atoms with E-state index in [0.29, 0.717) is 12.0 Å². The van der Waals surface area contributed by atoms with Crippen molar-refractivity contribution in [1.82, 2.24) is 15.2 Å². The second-order valence-corrected chi connectivity index (χ2v) is 3.42. The number of H-pyrrole nitrogens is 1. The zero-order valence-electron chi connectivity index (χ0n) is 7.82. The lowest BCUT2D eigenvalue weighted by Crippen LogP contribution is -2.29. The summed E-state index contributed by atoms with van der Waals surface area (Å²) >= 11 is 0. The second kappa shape index (κ2) is 3.24. The number of rotatable bonds is 2. The fraction of sp³-hybridized carbons (Fsp3) is 0.750. The lowest BCUT2D eigenvalue weighted by atomic mass is 10.2. The van der Waals surface area contributed by atoms with Crippen LogP contribution in [0.1, 0.15) is 26.2 Å². The quantitative estimate of drug-likeness (QED) is 0.706. The SMILES string of the molecule is CCC1CCCN1c1n[nH]c(N)n1. The van der Waals surface area contributed by atoms with Crippen LogP contribution in [0.4, 0.5) is 11.9 Å². The van der Waals surface area contributed by atoms with E-state index in [9.17, 15) is 0 Å². The van der Waals surface area contributed by atoms with E-state index in [0.717, 1.165) is 18.9 Å². The molecule has 0 bridgehead atoms. The van der Waals surface area contributed by atoms with E-state index in [2.05, 4.69) is 27.0 Å². The first-order chi connectivity index (χ1) is 6.31. The van der Waals surface area contributed by atoms with E-state index >= 15 is 0 Å². The van der Waals surface area contributed by atoms with Gasteiger partial charge in [-0.2, -0.15) is 4.98 Å². The van der Waals surface area contributed by atoms with Gasteiger partial charge in [-0.3, -0.25) is 0 Å². The summed E-state index contributed by atoms with van der Waals surface area (Å²) in [7, 11) is 0. The highest BCUT2D eigenvalue weighted by Gasteiger charge is 2.25. The topological polar surface area (TPSA) is 70.8 Å². The average Bonchev–Trinajstić information content (AvgIpc) is 2.71. The molecule has 13 heavy (non-hydrogen) atoms. The summed E-state index contributed by atoms with van der Waals surface area (Å²) in [5.74, 6) is 1.15. The number of nitrogens with two attached hydrogens (primary N) is 1. The molecule has 1 saturated heterocycles. The summed E-state index contributed by atoms with van der Waals surface area (Å²) in [4.78, 5) is 6.36. The molecule has 0 amide bonds. The fourth-order valence-electron chi connectivity index (χ4n) is 1.92. The first-order valence-electron chi connectivity index (χ1n) is 4.75. The highest BCUT2D eigenvalue weighted by Crippen LogP contribution is 2.24. The van der Waals surface area contributed by atoms with Crippen LogP contribution < -0.4 is 10.6 Å². The van der Waals surface area contributed by atoms with Crippen molar-refractivity contribution in [3.05, 3.63) is 0 Å². The van der Waals surface area contributed by atoms with Gasteiger partial charge in [-0.05, 0) is 19.3 Å². The minimum atomic E-state index is 0.400. The van der Waals surface area contributed by atoms with Crippen molar-refractivity contribution in [2.45, 2.75) is 32.2 Å². The Labute approximate surface area is 77.3 Å². The van der Waals surface area contributed by atoms with Gasteiger partial charge in [0.05, 0.1) is 0 Å². The van der Waals surface area contributed by atoms with Gasteiger partial charge in [0, 0.05) is 12.6 Å². The minimum absolute atomic E-state index is 0.400. The summed E-state index contributed by atoms with van der Waals surface area (Å²) in [5, 5.41) is 6.73. The molecule has 0 saturated carbocycles.